The molecule has 1 aromatic heterocycles. The van der Waals surface area contributed by atoms with Crippen LogP contribution in [0.5, 0.6) is 5.75 Å². The number of hydrogen-bond acceptors (Lipinski definition) is 3. The van der Waals surface area contributed by atoms with Crippen molar-refractivity contribution in [2.24, 2.45) is 0 Å². The number of ether oxygens (including phenoxy) is 1. The maximum atomic E-state index is 12.6. The van der Waals surface area contributed by atoms with Crippen molar-refractivity contribution in [3.8, 4) is 17.0 Å². The van der Waals surface area contributed by atoms with Gasteiger partial charge in [-0.15, -0.1) is 0 Å². The van der Waals surface area contributed by atoms with E-state index >= 15 is 0 Å². The van der Waals surface area contributed by atoms with Gasteiger partial charge in [0.15, 0.2) is 6.29 Å². The minimum atomic E-state index is -4.53. The van der Waals surface area contributed by atoms with Crippen LogP contribution in [0, 0.1) is 0 Å². The molecule has 20 heavy (non-hydrogen) atoms. The second-order valence-corrected chi connectivity index (χ2v) is 4.01. The van der Waals surface area contributed by atoms with E-state index in [4.69, 9.17) is 4.74 Å². The Hall–Kier alpha value is -2.37. The number of aromatic nitrogens is 1. The first-order valence-corrected chi connectivity index (χ1v) is 5.62. The first-order valence-electron chi connectivity index (χ1n) is 5.62. The summed E-state index contributed by atoms with van der Waals surface area (Å²) in [5.41, 5.74) is -0.369. The van der Waals surface area contributed by atoms with E-state index in [0.29, 0.717) is 23.8 Å². The number of rotatable bonds is 3. The summed E-state index contributed by atoms with van der Waals surface area (Å²) in [6, 6.07) is 7.39. The molecule has 0 spiro atoms. The fourth-order valence-corrected chi connectivity index (χ4v) is 1.74. The topological polar surface area (TPSA) is 39.2 Å². The third kappa shape index (κ3) is 2.79. The van der Waals surface area contributed by atoms with E-state index in [-0.39, 0.29) is 11.3 Å². The molecule has 3 nitrogen and oxygen atoms in total. The van der Waals surface area contributed by atoms with Crippen LogP contribution in [0.25, 0.3) is 11.3 Å². The van der Waals surface area contributed by atoms with Crippen molar-refractivity contribution in [3.63, 3.8) is 0 Å². The van der Waals surface area contributed by atoms with Crippen molar-refractivity contribution in [1.82, 2.24) is 4.98 Å². The lowest BCUT2D eigenvalue weighted by Gasteiger charge is -2.10. The number of alkyl halides is 3. The summed E-state index contributed by atoms with van der Waals surface area (Å²) in [5.74, 6) is 0.529. The number of carbonyl (C=O) groups is 1. The first kappa shape index (κ1) is 14.0. The van der Waals surface area contributed by atoms with Gasteiger partial charge in [-0.2, -0.15) is 13.2 Å². The SMILES string of the molecule is COc1cccc(-c2ncc(C(F)(F)F)cc2C=O)c1. The van der Waals surface area contributed by atoms with Gasteiger partial charge in [0.2, 0.25) is 0 Å². The van der Waals surface area contributed by atoms with E-state index in [1.807, 2.05) is 0 Å². The number of methoxy groups -OCH3 is 1. The normalized spacial score (nSPS) is 11.2. The highest BCUT2D eigenvalue weighted by atomic mass is 19.4. The number of hydrogen-bond donors (Lipinski definition) is 0. The van der Waals surface area contributed by atoms with Crippen molar-refractivity contribution < 1.29 is 22.7 Å². The van der Waals surface area contributed by atoms with E-state index < -0.39 is 11.7 Å². The number of pyridine rings is 1. The van der Waals surface area contributed by atoms with Crippen molar-refractivity contribution in [2.75, 3.05) is 7.11 Å². The molecule has 0 aliphatic carbocycles. The van der Waals surface area contributed by atoms with Crippen LogP contribution in [0.2, 0.25) is 0 Å². The molecule has 0 unspecified atom stereocenters. The van der Waals surface area contributed by atoms with Crippen molar-refractivity contribution in [1.29, 1.82) is 0 Å². The predicted molar refractivity (Wildman–Crippen MR) is 66.6 cm³/mol. The Labute approximate surface area is 113 Å². The second kappa shape index (κ2) is 5.32. The molecule has 1 heterocycles. The Kier molecular flexibility index (Phi) is 3.74. The molecule has 0 fully saturated rings. The van der Waals surface area contributed by atoms with Gasteiger partial charge in [-0.1, -0.05) is 12.1 Å². The molecule has 0 saturated carbocycles. The van der Waals surface area contributed by atoms with Crippen LogP contribution in [0.1, 0.15) is 15.9 Å². The smallest absolute Gasteiger partial charge is 0.417 e. The van der Waals surface area contributed by atoms with Gasteiger partial charge in [0.25, 0.3) is 0 Å². The molecule has 0 radical (unpaired) electrons. The van der Waals surface area contributed by atoms with Crippen LogP contribution < -0.4 is 4.74 Å². The predicted octanol–water partition coefficient (Wildman–Crippen LogP) is 3.59. The zero-order valence-electron chi connectivity index (χ0n) is 10.4. The lowest BCUT2D eigenvalue weighted by Crippen LogP contribution is -2.07. The minimum Gasteiger partial charge on any atom is -0.497 e. The maximum Gasteiger partial charge on any atom is 0.417 e. The Morgan fingerprint density at radius 3 is 2.60 bits per heavy atom. The zero-order chi connectivity index (χ0) is 14.8. The molecule has 6 heteroatoms. The number of aldehydes is 1. The summed E-state index contributed by atoms with van der Waals surface area (Å²) in [7, 11) is 1.47. The van der Waals surface area contributed by atoms with Gasteiger partial charge in [0.05, 0.1) is 18.4 Å². The van der Waals surface area contributed by atoms with Crippen LogP contribution in [0.4, 0.5) is 13.2 Å². The van der Waals surface area contributed by atoms with Crippen molar-refractivity contribution >= 4 is 6.29 Å². The summed E-state index contributed by atoms with van der Waals surface area (Å²) in [5, 5.41) is 0. The van der Waals surface area contributed by atoms with Gasteiger partial charge < -0.3 is 4.74 Å². The highest BCUT2D eigenvalue weighted by Gasteiger charge is 2.31. The van der Waals surface area contributed by atoms with Crippen LogP contribution in [0.15, 0.2) is 36.5 Å². The summed E-state index contributed by atoms with van der Waals surface area (Å²) >= 11 is 0. The molecule has 0 saturated heterocycles. The van der Waals surface area contributed by atoms with E-state index in [1.54, 1.807) is 24.3 Å². The van der Waals surface area contributed by atoms with E-state index in [9.17, 15) is 18.0 Å². The molecule has 1 aromatic carbocycles. The molecule has 2 aromatic rings. The summed E-state index contributed by atoms with van der Waals surface area (Å²) < 4.78 is 42.8. The third-order valence-electron chi connectivity index (χ3n) is 2.71. The molecular formula is C14H10F3NO2. The molecule has 0 bridgehead atoms. The third-order valence-corrected chi connectivity index (χ3v) is 2.71. The average Bonchev–Trinajstić information content (AvgIpc) is 2.45. The first-order chi connectivity index (χ1) is 9.45. The molecule has 0 aliphatic heterocycles. The summed E-state index contributed by atoms with van der Waals surface area (Å²) in [6.45, 7) is 0. The number of nitrogens with zero attached hydrogens (tertiary/aromatic N) is 1. The van der Waals surface area contributed by atoms with E-state index in [2.05, 4.69) is 4.98 Å². The van der Waals surface area contributed by atoms with E-state index in [0.717, 1.165) is 6.07 Å². The minimum absolute atomic E-state index is 0.118. The molecule has 0 amide bonds. The molecular weight excluding hydrogens is 271 g/mol. The average molecular weight is 281 g/mol. The number of carbonyl (C=O) groups excluding carboxylic acids is 1. The fraction of sp³-hybridized carbons (Fsp3) is 0.143. The lowest BCUT2D eigenvalue weighted by molar-refractivity contribution is -0.137. The van der Waals surface area contributed by atoms with E-state index in [1.165, 1.54) is 7.11 Å². The lowest BCUT2D eigenvalue weighted by atomic mass is 10.0. The van der Waals surface area contributed by atoms with Gasteiger partial charge in [-0.3, -0.25) is 9.78 Å². The molecule has 0 aliphatic rings. The van der Waals surface area contributed by atoms with Crippen LogP contribution >= 0.6 is 0 Å². The molecule has 104 valence electrons. The maximum absolute atomic E-state index is 12.6. The van der Waals surface area contributed by atoms with Gasteiger partial charge in [0, 0.05) is 17.3 Å². The van der Waals surface area contributed by atoms with Gasteiger partial charge in [-0.05, 0) is 18.2 Å². The molecule has 0 atom stereocenters. The highest BCUT2D eigenvalue weighted by Crippen LogP contribution is 2.32. The fourth-order valence-electron chi connectivity index (χ4n) is 1.74. The Bertz CT molecular complexity index is 639. The Morgan fingerprint density at radius 1 is 1.25 bits per heavy atom. The van der Waals surface area contributed by atoms with Crippen LogP contribution in [-0.4, -0.2) is 18.4 Å². The molecule has 2 rings (SSSR count). The largest absolute Gasteiger partial charge is 0.497 e. The Morgan fingerprint density at radius 2 is 2.00 bits per heavy atom. The number of benzene rings is 1. The summed E-state index contributed by atoms with van der Waals surface area (Å²) in [6.07, 6.45) is -3.46. The van der Waals surface area contributed by atoms with Crippen LogP contribution in [0.3, 0.4) is 0 Å². The molecule has 0 N–H and O–H groups in total. The van der Waals surface area contributed by atoms with Gasteiger partial charge in [-0.25, -0.2) is 0 Å². The van der Waals surface area contributed by atoms with Crippen molar-refractivity contribution in [2.45, 2.75) is 6.18 Å². The van der Waals surface area contributed by atoms with Gasteiger partial charge >= 0.3 is 6.18 Å². The van der Waals surface area contributed by atoms with Crippen molar-refractivity contribution in [3.05, 3.63) is 47.7 Å². The monoisotopic (exact) mass is 281 g/mol. The second-order valence-electron chi connectivity index (χ2n) is 4.01. The standard InChI is InChI=1S/C14H10F3NO2/c1-20-12-4-2-3-9(6-12)13-10(8-19)5-11(7-18-13)14(15,16)17/h2-8H,1H3. The van der Waals surface area contributed by atoms with Gasteiger partial charge in [0.1, 0.15) is 5.75 Å². The van der Waals surface area contributed by atoms with Crippen LogP contribution in [-0.2, 0) is 6.18 Å². The quantitative estimate of drug-likeness (QED) is 0.807. The highest BCUT2D eigenvalue weighted by molar-refractivity contribution is 5.86. The Balaban J connectivity index is 2.54. The number of halogens is 3. The summed E-state index contributed by atoms with van der Waals surface area (Å²) in [4.78, 5) is 14.8. The zero-order valence-corrected chi connectivity index (χ0v) is 10.4.